The fourth-order valence-corrected chi connectivity index (χ4v) is 3.27. The average Bonchev–Trinajstić information content (AvgIpc) is 3.05. The van der Waals surface area contributed by atoms with Gasteiger partial charge in [0.05, 0.1) is 13.1 Å². The second-order valence-electron chi connectivity index (χ2n) is 8.54. The van der Waals surface area contributed by atoms with Gasteiger partial charge in [-0.3, -0.25) is 9.59 Å². The number of benzene rings is 1. The molecule has 0 bridgehead atoms. The molecule has 0 radical (unpaired) electrons. The van der Waals surface area contributed by atoms with Gasteiger partial charge in [0.25, 0.3) is 11.8 Å². The first-order chi connectivity index (χ1) is 13.1. The molecule has 150 valence electrons. The van der Waals surface area contributed by atoms with Crippen LogP contribution in [-0.4, -0.2) is 53.0 Å². The number of likely N-dealkylation sites (tertiary alicyclic amines) is 1. The van der Waals surface area contributed by atoms with Crippen LogP contribution in [0.2, 0.25) is 0 Å². The summed E-state index contributed by atoms with van der Waals surface area (Å²) in [4.78, 5) is 31.1. The molecule has 1 fully saturated rings. The molecule has 1 aliphatic rings. The van der Waals surface area contributed by atoms with Crippen LogP contribution in [0.15, 0.2) is 36.7 Å². The summed E-state index contributed by atoms with van der Waals surface area (Å²) in [5.74, 6) is 0.597. The SMILES string of the molecule is COC1(c2nccn2C)CN(C(=O)c2ccc(C(=O)NCC(C)(C)C)cc2)C1. The summed E-state index contributed by atoms with van der Waals surface area (Å²) in [6, 6.07) is 6.77. The first kappa shape index (κ1) is 20.1. The van der Waals surface area contributed by atoms with E-state index in [2.05, 4.69) is 31.1 Å². The molecule has 7 nitrogen and oxygen atoms in total. The number of rotatable bonds is 5. The Hall–Kier alpha value is -2.67. The van der Waals surface area contributed by atoms with Crippen LogP contribution in [-0.2, 0) is 17.4 Å². The number of aryl methyl sites for hydroxylation is 1. The highest BCUT2D eigenvalue weighted by Gasteiger charge is 2.49. The van der Waals surface area contributed by atoms with Crippen molar-refractivity contribution in [3.05, 3.63) is 53.6 Å². The number of hydrogen-bond acceptors (Lipinski definition) is 4. The highest BCUT2D eigenvalue weighted by atomic mass is 16.5. The van der Waals surface area contributed by atoms with Gasteiger partial charge in [0.2, 0.25) is 0 Å². The molecule has 1 aliphatic heterocycles. The van der Waals surface area contributed by atoms with Crippen molar-refractivity contribution in [2.75, 3.05) is 26.7 Å². The van der Waals surface area contributed by atoms with Crippen LogP contribution in [0.25, 0.3) is 0 Å². The monoisotopic (exact) mass is 384 g/mol. The van der Waals surface area contributed by atoms with Crippen LogP contribution < -0.4 is 5.32 Å². The predicted molar refractivity (Wildman–Crippen MR) is 106 cm³/mol. The van der Waals surface area contributed by atoms with Gasteiger partial charge in [-0.15, -0.1) is 0 Å². The Bertz CT molecular complexity index is 859. The Labute approximate surface area is 165 Å². The second kappa shape index (κ2) is 7.39. The standard InChI is InChI=1S/C21H28N4O3/c1-20(2,3)12-23-17(26)15-6-8-16(9-7-15)18(27)25-13-21(14-25,28-5)19-22-10-11-24(19)4/h6-11H,12-14H2,1-5H3,(H,23,26). The molecule has 3 rings (SSSR count). The summed E-state index contributed by atoms with van der Waals surface area (Å²) in [5.41, 5.74) is 0.547. The number of nitrogens with one attached hydrogen (secondary N) is 1. The Morgan fingerprint density at radius 3 is 2.29 bits per heavy atom. The van der Waals surface area contributed by atoms with E-state index in [-0.39, 0.29) is 17.2 Å². The quantitative estimate of drug-likeness (QED) is 0.857. The lowest BCUT2D eigenvalue weighted by atomic mass is 9.91. The van der Waals surface area contributed by atoms with E-state index < -0.39 is 5.60 Å². The van der Waals surface area contributed by atoms with E-state index in [4.69, 9.17) is 4.74 Å². The fourth-order valence-electron chi connectivity index (χ4n) is 3.27. The fraction of sp³-hybridized carbons (Fsp3) is 0.476. The summed E-state index contributed by atoms with van der Waals surface area (Å²) in [5, 5.41) is 2.91. The van der Waals surface area contributed by atoms with Crippen LogP contribution in [0.1, 0.15) is 47.3 Å². The Kier molecular flexibility index (Phi) is 5.30. The number of methoxy groups -OCH3 is 1. The minimum Gasteiger partial charge on any atom is -0.367 e. The van der Waals surface area contributed by atoms with Crippen LogP contribution in [0.3, 0.4) is 0 Å². The van der Waals surface area contributed by atoms with Crippen molar-refractivity contribution in [1.29, 1.82) is 0 Å². The van der Waals surface area contributed by atoms with Gasteiger partial charge in [-0.05, 0) is 29.7 Å². The third kappa shape index (κ3) is 3.94. The van der Waals surface area contributed by atoms with E-state index >= 15 is 0 Å². The highest BCUT2D eigenvalue weighted by Crippen LogP contribution is 2.35. The van der Waals surface area contributed by atoms with Gasteiger partial charge >= 0.3 is 0 Å². The lowest BCUT2D eigenvalue weighted by Crippen LogP contribution is -2.63. The normalized spacial score (nSPS) is 15.8. The molecule has 2 aromatic rings. The van der Waals surface area contributed by atoms with Crippen molar-refractivity contribution >= 4 is 11.8 Å². The van der Waals surface area contributed by atoms with E-state index in [9.17, 15) is 9.59 Å². The molecule has 1 aromatic carbocycles. The summed E-state index contributed by atoms with van der Waals surface area (Å²) >= 11 is 0. The molecule has 0 aliphatic carbocycles. The van der Waals surface area contributed by atoms with Crippen molar-refractivity contribution < 1.29 is 14.3 Å². The number of imidazole rings is 1. The van der Waals surface area contributed by atoms with Crippen molar-refractivity contribution in [2.24, 2.45) is 12.5 Å². The van der Waals surface area contributed by atoms with Gasteiger partial charge in [-0.2, -0.15) is 0 Å². The maximum atomic E-state index is 12.8. The van der Waals surface area contributed by atoms with E-state index in [1.807, 2.05) is 17.8 Å². The average molecular weight is 384 g/mol. The van der Waals surface area contributed by atoms with Crippen molar-refractivity contribution in [2.45, 2.75) is 26.4 Å². The third-order valence-corrected chi connectivity index (χ3v) is 4.97. The first-order valence-corrected chi connectivity index (χ1v) is 9.36. The number of carbonyl (C=O) groups excluding carboxylic acids is 2. The van der Waals surface area contributed by atoms with Crippen LogP contribution in [0, 0.1) is 5.41 Å². The summed E-state index contributed by atoms with van der Waals surface area (Å²) < 4.78 is 7.60. The predicted octanol–water partition coefficient (Wildman–Crippen LogP) is 2.19. The van der Waals surface area contributed by atoms with E-state index in [0.29, 0.717) is 30.8 Å². The molecule has 2 amide bonds. The molecule has 0 atom stereocenters. The van der Waals surface area contributed by atoms with Crippen molar-refractivity contribution in [3.63, 3.8) is 0 Å². The second-order valence-corrected chi connectivity index (χ2v) is 8.54. The number of nitrogens with zero attached hydrogens (tertiary/aromatic N) is 3. The minimum atomic E-state index is -0.569. The zero-order chi connectivity index (χ0) is 20.5. The first-order valence-electron chi connectivity index (χ1n) is 9.36. The number of aromatic nitrogens is 2. The maximum absolute atomic E-state index is 12.8. The summed E-state index contributed by atoms with van der Waals surface area (Å²) in [6.45, 7) is 7.67. The van der Waals surface area contributed by atoms with Crippen LogP contribution >= 0.6 is 0 Å². The molecule has 7 heteroatoms. The molecule has 1 saturated heterocycles. The largest absolute Gasteiger partial charge is 0.367 e. The Balaban J connectivity index is 1.63. The summed E-state index contributed by atoms with van der Waals surface area (Å²) in [6.07, 6.45) is 3.59. The van der Waals surface area contributed by atoms with Crippen LogP contribution in [0.5, 0.6) is 0 Å². The molecule has 1 N–H and O–H groups in total. The highest BCUT2D eigenvalue weighted by molar-refractivity contribution is 5.98. The lowest BCUT2D eigenvalue weighted by Gasteiger charge is -2.48. The number of ether oxygens (including phenoxy) is 1. The zero-order valence-electron chi connectivity index (χ0n) is 17.2. The van der Waals surface area contributed by atoms with Crippen molar-refractivity contribution in [1.82, 2.24) is 19.8 Å². The number of amides is 2. The molecular weight excluding hydrogens is 356 g/mol. The van der Waals surface area contributed by atoms with E-state index in [1.54, 1.807) is 42.5 Å². The molecule has 0 saturated carbocycles. The van der Waals surface area contributed by atoms with Crippen LogP contribution in [0.4, 0.5) is 0 Å². The maximum Gasteiger partial charge on any atom is 0.254 e. The summed E-state index contributed by atoms with van der Waals surface area (Å²) in [7, 11) is 3.55. The Morgan fingerprint density at radius 2 is 1.79 bits per heavy atom. The smallest absolute Gasteiger partial charge is 0.254 e. The van der Waals surface area contributed by atoms with Gasteiger partial charge in [0.1, 0.15) is 5.82 Å². The number of hydrogen-bond donors (Lipinski definition) is 1. The lowest BCUT2D eigenvalue weighted by molar-refractivity contribution is -0.121. The molecule has 1 aromatic heterocycles. The topological polar surface area (TPSA) is 76.5 Å². The van der Waals surface area contributed by atoms with Gasteiger partial charge in [0.15, 0.2) is 5.60 Å². The third-order valence-electron chi connectivity index (χ3n) is 4.97. The zero-order valence-corrected chi connectivity index (χ0v) is 17.2. The molecule has 0 unspecified atom stereocenters. The molecule has 0 spiro atoms. The van der Waals surface area contributed by atoms with Crippen molar-refractivity contribution in [3.8, 4) is 0 Å². The minimum absolute atomic E-state index is 0.0180. The van der Waals surface area contributed by atoms with Gasteiger partial charge in [-0.1, -0.05) is 20.8 Å². The molecular formula is C21H28N4O3. The Morgan fingerprint density at radius 1 is 1.18 bits per heavy atom. The van der Waals surface area contributed by atoms with E-state index in [0.717, 1.165) is 5.82 Å². The molecule has 28 heavy (non-hydrogen) atoms. The van der Waals surface area contributed by atoms with Gasteiger partial charge in [0, 0.05) is 44.2 Å². The van der Waals surface area contributed by atoms with E-state index in [1.165, 1.54) is 0 Å². The number of carbonyl (C=O) groups is 2. The van der Waals surface area contributed by atoms with Gasteiger partial charge in [-0.25, -0.2) is 4.98 Å². The molecule has 2 heterocycles. The van der Waals surface area contributed by atoms with Gasteiger partial charge < -0.3 is 19.5 Å².